The van der Waals surface area contributed by atoms with Crippen LogP contribution in [-0.2, 0) is 0 Å². The number of allylic oxidation sites excluding steroid dienone is 6. The summed E-state index contributed by atoms with van der Waals surface area (Å²) in [6.45, 7) is 3.65. The van der Waals surface area contributed by atoms with Crippen LogP contribution >= 0.6 is 0 Å². The molecule has 0 saturated carbocycles. The third kappa shape index (κ3) is 2.99. The van der Waals surface area contributed by atoms with Crippen LogP contribution in [0.2, 0.25) is 0 Å². The predicted molar refractivity (Wildman–Crippen MR) is 78.4 cm³/mol. The van der Waals surface area contributed by atoms with Crippen LogP contribution in [0, 0.1) is 6.92 Å². The Morgan fingerprint density at radius 3 is 2.60 bits per heavy atom. The van der Waals surface area contributed by atoms with Gasteiger partial charge < -0.3 is 10.2 Å². The van der Waals surface area contributed by atoms with E-state index < -0.39 is 5.83 Å². The predicted octanol–water partition coefficient (Wildman–Crippen LogP) is 4.60. The van der Waals surface area contributed by atoms with Gasteiger partial charge in [-0.2, -0.15) is 0 Å². The topological polar surface area (TPSA) is 40.5 Å². The second-order valence-corrected chi connectivity index (χ2v) is 4.77. The lowest BCUT2D eigenvalue weighted by Gasteiger charge is -2.12. The molecule has 2 rings (SSSR count). The van der Waals surface area contributed by atoms with Crippen molar-refractivity contribution < 1.29 is 14.6 Å². The fraction of sp³-hybridized carbons (Fsp3) is 0.176. The monoisotopic (exact) mass is 272 g/mol. The first-order chi connectivity index (χ1) is 9.51. The van der Waals surface area contributed by atoms with Crippen LogP contribution in [0.3, 0.4) is 0 Å². The molecule has 0 radical (unpaired) electrons. The average Bonchev–Trinajstić information content (AvgIpc) is 2.49. The molecule has 0 fully saturated rings. The highest BCUT2D eigenvalue weighted by Crippen LogP contribution is 2.31. The Bertz CT molecular complexity index is 636. The van der Waals surface area contributed by atoms with Crippen molar-refractivity contribution >= 4 is 0 Å². The van der Waals surface area contributed by atoms with E-state index in [2.05, 4.69) is 0 Å². The normalized spacial score (nSPS) is 19.4. The number of hydrogen-bond donors (Lipinski definition) is 2. The lowest BCUT2D eigenvalue weighted by molar-refractivity contribution is 0.423. The number of halogens is 1. The first-order valence-electron chi connectivity index (χ1n) is 6.43. The van der Waals surface area contributed by atoms with E-state index in [1.165, 1.54) is 12.2 Å². The van der Waals surface area contributed by atoms with Crippen molar-refractivity contribution in [2.24, 2.45) is 0 Å². The number of benzene rings is 1. The number of aromatic hydroxyl groups is 1. The van der Waals surface area contributed by atoms with Crippen molar-refractivity contribution in [2.45, 2.75) is 19.8 Å². The standard InChI is InChI=1S/C17H17FO2/c1-3-4-12-8-14(18)9-13(10-17(12)20)16-6-5-15(19)7-11(16)2/h3-10,13,19-20H,1-2H3/b4-3+. The molecule has 0 amide bonds. The molecule has 0 saturated heterocycles. The van der Waals surface area contributed by atoms with Crippen LogP contribution in [-0.4, -0.2) is 10.2 Å². The second kappa shape index (κ2) is 5.78. The van der Waals surface area contributed by atoms with E-state index in [1.807, 2.05) is 13.8 Å². The highest BCUT2D eigenvalue weighted by Gasteiger charge is 2.16. The molecule has 1 aromatic carbocycles. The molecule has 0 heterocycles. The van der Waals surface area contributed by atoms with Crippen molar-refractivity contribution in [3.63, 3.8) is 0 Å². The quantitative estimate of drug-likeness (QED) is 0.826. The van der Waals surface area contributed by atoms with Crippen molar-refractivity contribution in [3.8, 4) is 5.75 Å². The third-order valence-corrected chi connectivity index (χ3v) is 3.22. The zero-order valence-corrected chi connectivity index (χ0v) is 11.5. The Kier molecular flexibility index (Phi) is 4.08. The van der Waals surface area contributed by atoms with Gasteiger partial charge in [0.25, 0.3) is 0 Å². The maximum Gasteiger partial charge on any atom is 0.120 e. The van der Waals surface area contributed by atoms with Gasteiger partial charge in [0.15, 0.2) is 0 Å². The zero-order chi connectivity index (χ0) is 14.7. The van der Waals surface area contributed by atoms with E-state index in [-0.39, 0.29) is 17.4 Å². The number of phenols is 1. The zero-order valence-electron chi connectivity index (χ0n) is 11.5. The molecular weight excluding hydrogens is 255 g/mol. The van der Waals surface area contributed by atoms with E-state index >= 15 is 0 Å². The summed E-state index contributed by atoms with van der Waals surface area (Å²) in [4.78, 5) is 0. The van der Waals surface area contributed by atoms with Crippen molar-refractivity contribution in [1.82, 2.24) is 0 Å². The van der Waals surface area contributed by atoms with Gasteiger partial charge >= 0.3 is 0 Å². The summed E-state index contributed by atoms with van der Waals surface area (Å²) in [7, 11) is 0. The summed E-state index contributed by atoms with van der Waals surface area (Å²) < 4.78 is 13.9. The molecule has 104 valence electrons. The Hall–Kier alpha value is -2.29. The molecular formula is C17H17FO2. The summed E-state index contributed by atoms with van der Waals surface area (Å²) in [6.07, 6.45) is 7.77. The number of aliphatic hydroxyl groups is 1. The van der Waals surface area contributed by atoms with Crippen molar-refractivity contribution in [3.05, 3.63) is 76.9 Å². The van der Waals surface area contributed by atoms with Gasteiger partial charge in [0, 0.05) is 11.5 Å². The molecule has 1 aliphatic carbocycles. The fourth-order valence-electron chi connectivity index (χ4n) is 2.28. The van der Waals surface area contributed by atoms with E-state index in [1.54, 1.807) is 36.4 Å². The minimum atomic E-state index is -0.393. The van der Waals surface area contributed by atoms with E-state index in [0.29, 0.717) is 5.57 Å². The third-order valence-electron chi connectivity index (χ3n) is 3.22. The number of hydrogen-bond acceptors (Lipinski definition) is 2. The van der Waals surface area contributed by atoms with Gasteiger partial charge in [-0.25, -0.2) is 4.39 Å². The van der Waals surface area contributed by atoms with Gasteiger partial charge in [0.05, 0.1) is 0 Å². The van der Waals surface area contributed by atoms with Crippen LogP contribution in [0.25, 0.3) is 0 Å². The summed E-state index contributed by atoms with van der Waals surface area (Å²) in [5, 5.41) is 19.5. The molecule has 0 aromatic heterocycles. The highest BCUT2D eigenvalue weighted by atomic mass is 19.1. The number of aliphatic hydroxyl groups excluding tert-OH is 1. The lowest BCUT2D eigenvalue weighted by atomic mass is 9.93. The number of aryl methyl sites for hydroxylation is 1. The molecule has 1 unspecified atom stereocenters. The molecule has 0 bridgehead atoms. The van der Waals surface area contributed by atoms with Crippen LogP contribution in [0.5, 0.6) is 5.75 Å². The number of rotatable bonds is 2. The second-order valence-electron chi connectivity index (χ2n) is 4.77. The van der Waals surface area contributed by atoms with Gasteiger partial charge in [-0.15, -0.1) is 0 Å². The summed E-state index contributed by atoms with van der Waals surface area (Å²) >= 11 is 0. The summed E-state index contributed by atoms with van der Waals surface area (Å²) in [5.41, 5.74) is 2.14. The summed E-state index contributed by atoms with van der Waals surface area (Å²) in [6, 6.07) is 4.92. The van der Waals surface area contributed by atoms with Crippen LogP contribution in [0.15, 0.2) is 65.7 Å². The largest absolute Gasteiger partial charge is 0.508 e. The first-order valence-corrected chi connectivity index (χ1v) is 6.43. The molecule has 1 aromatic rings. The van der Waals surface area contributed by atoms with E-state index in [0.717, 1.165) is 11.1 Å². The molecule has 2 N–H and O–H groups in total. The number of phenolic OH excluding ortho intramolecular Hbond substituents is 1. The van der Waals surface area contributed by atoms with E-state index in [9.17, 15) is 14.6 Å². The Morgan fingerprint density at radius 2 is 1.95 bits per heavy atom. The molecule has 1 aliphatic rings. The maximum atomic E-state index is 13.9. The van der Waals surface area contributed by atoms with Gasteiger partial charge in [-0.3, -0.25) is 0 Å². The smallest absolute Gasteiger partial charge is 0.120 e. The molecule has 3 heteroatoms. The SMILES string of the molecule is C/C=C/C1=CC(F)=CC(c2ccc(O)cc2C)C=C1O. The maximum absolute atomic E-state index is 13.9. The molecule has 2 nitrogen and oxygen atoms in total. The van der Waals surface area contributed by atoms with Crippen LogP contribution < -0.4 is 0 Å². The van der Waals surface area contributed by atoms with Crippen molar-refractivity contribution in [2.75, 3.05) is 0 Å². The van der Waals surface area contributed by atoms with Gasteiger partial charge in [-0.1, -0.05) is 18.2 Å². The first kappa shape index (κ1) is 14.1. The Labute approximate surface area is 117 Å². The molecule has 0 spiro atoms. The van der Waals surface area contributed by atoms with Gasteiger partial charge in [0.1, 0.15) is 17.3 Å². The lowest BCUT2D eigenvalue weighted by Crippen LogP contribution is -1.96. The fourth-order valence-corrected chi connectivity index (χ4v) is 2.28. The van der Waals surface area contributed by atoms with Crippen LogP contribution in [0.1, 0.15) is 24.0 Å². The molecule has 20 heavy (non-hydrogen) atoms. The minimum Gasteiger partial charge on any atom is -0.508 e. The molecule has 0 aliphatic heterocycles. The van der Waals surface area contributed by atoms with Gasteiger partial charge in [0.2, 0.25) is 0 Å². The Balaban J connectivity index is 2.47. The van der Waals surface area contributed by atoms with Crippen LogP contribution in [0.4, 0.5) is 4.39 Å². The molecule has 1 atom stereocenters. The Morgan fingerprint density at radius 1 is 1.20 bits per heavy atom. The van der Waals surface area contributed by atoms with E-state index in [4.69, 9.17) is 0 Å². The highest BCUT2D eigenvalue weighted by molar-refractivity contribution is 5.48. The minimum absolute atomic E-state index is 0.0458. The van der Waals surface area contributed by atoms with Gasteiger partial charge in [-0.05, 0) is 55.3 Å². The summed E-state index contributed by atoms with van der Waals surface area (Å²) in [5.74, 6) is -0.541. The van der Waals surface area contributed by atoms with Crippen molar-refractivity contribution in [1.29, 1.82) is 0 Å². The average molecular weight is 272 g/mol.